The van der Waals surface area contributed by atoms with E-state index >= 15 is 0 Å². The number of hydrogen-bond donors (Lipinski definition) is 0. The van der Waals surface area contributed by atoms with Gasteiger partial charge >= 0.3 is 5.97 Å². The van der Waals surface area contributed by atoms with Gasteiger partial charge in [0.1, 0.15) is 6.54 Å². The summed E-state index contributed by atoms with van der Waals surface area (Å²) >= 11 is 1.38. The largest absolute Gasteiger partial charge is 0.465 e. The van der Waals surface area contributed by atoms with E-state index in [9.17, 15) is 9.59 Å². The van der Waals surface area contributed by atoms with Crippen LogP contribution < -0.4 is 4.80 Å². The first-order chi connectivity index (χ1) is 13.3. The molecule has 0 fully saturated rings. The lowest BCUT2D eigenvalue weighted by atomic mass is 10.0. The van der Waals surface area contributed by atoms with E-state index in [1.165, 1.54) is 16.9 Å². The Hall–Kier alpha value is -2.74. The minimum Gasteiger partial charge on any atom is -0.465 e. The zero-order valence-electron chi connectivity index (χ0n) is 16.7. The number of thiazole rings is 1. The van der Waals surface area contributed by atoms with Gasteiger partial charge in [-0.15, -0.1) is 0 Å². The molecule has 2 aromatic heterocycles. The Morgan fingerprint density at radius 3 is 2.64 bits per heavy atom. The third-order valence-corrected chi connectivity index (χ3v) is 5.54. The van der Waals surface area contributed by atoms with E-state index in [0.29, 0.717) is 17.3 Å². The van der Waals surface area contributed by atoms with Gasteiger partial charge in [-0.2, -0.15) is 10.1 Å². The quantitative estimate of drug-likeness (QED) is 0.616. The predicted octanol–water partition coefficient (Wildman–Crippen LogP) is 3.17. The van der Waals surface area contributed by atoms with Crippen molar-refractivity contribution in [3.8, 4) is 0 Å². The molecule has 0 spiro atoms. The van der Waals surface area contributed by atoms with E-state index in [0.717, 1.165) is 15.9 Å². The van der Waals surface area contributed by atoms with Crippen molar-refractivity contribution in [1.29, 1.82) is 0 Å². The zero-order valence-corrected chi connectivity index (χ0v) is 17.5. The van der Waals surface area contributed by atoms with E-state index in [-0.39, 0.29) is 18.2 Å². The first-order valence-corrected chi connectivity index (χ1v) is 10.0. The molecule has 0 aliphatic carbocycles. The normalized spacial score (nSPS) is 12.1. The van der Waals surface area contributed by atoms with E-state index in [2.05, 4.69) is 30.0 Å². The van der Waals surface area contributed by atoms with Crippen LogP contribution in [-0.4, -0.2) is 32.8 Å². The van der Waals surface area contributed by atoms with Gasteiger partial charge in [-0.25, -0.2) is 0 Å². The summed E-state index contributed by atoms with van der Waals surface area (Å²) in [6.07, 6.45) is 0. The second-order valence-corrected chi connectivity index (χ2v) is 7.88. The monoisotopic (exact) mass is 400 g/mol. The van der Waals surface area contributed by atoms with Crippen LogP contribution in [0.2, 0.25) is 0 Å². The highest BCUT2D eigenvalue weighted by Gasteiger charge is 2.15. The maximum absolute atomic E-state index is 12.6. The summed E-state index contributed by atoms with van der Waals surface area (Å²) in [6, 6.07) is 7.79. The highest BCUT2D eigenvalue weighted by molar-refractivity contribution is 7.16. The van der Waals surface area contributed by atoms with Crippen molar-refractivity contribution in [3.05, 3.63) is 46.0 Å². The van der Waals surface area contributed by atoms with Crippen LogP contribution in [0.4, 0.5) is 0 Å². The molecule has 0 saturated heterocycles. The van der Waals surface area contributed by atoms with Crippen LogP contribution in [0, 0.1) is 6.92 Å². The van der Waals surface area contributed by atoms with Crippen LogP contribution in [0.15, 0.2) is 29.3 Å². The standard InChI is InChI=1S/C20H24N4O3S/c1-6-27-18(25)11-24-16-8-7-14(12(2)3)10-17(16)28-20(24)21-19(26)15-9-13(4)23(5)22-15/h7-10,12H,6,11H2,1-5H3. The zero-order chi connectivity index (χ0) is 20.4. The number of fused-ring (bicyclic) bond motifs is 1. The van der Waals surface area contributed by atoms with Crippen molar-refractivity contribution < 1.29 is 14.3 Å². The van der Waals surface area contributed by atoms with Gasteiger partial charge < -0.3 is 9.30 Å². The van der Waals surface area contributed by atoms with Crippen molar-refractivity contribution in [1.82, 2.24) is 14.3 Å². The predicted molar refractivity (Wildman–Crippen MR) is 108 cm³/mol. The average Bonchev–Trinajstić information content (AvgIpc) is 3.15. The number of aryl methyl sites for hydroxylation is 2. The van der Waals surface area contributed by atoms with Crippen molar-refractivity contribution in [3.63, 3.8) is 0 Å². The third kappa shape index (κ3) is 4.06. The maximum Gasteiger partial charge on any atom is 0.326 e. The molecule has 2 heterocycles. The minimum atomic E-state index is -0.433. The number of carbonyl (C=O) groups is 2. The van der Waals surface area contributed by atoms with E-state index in [4.69, 9.17) is 4.74 Å². The summed E-state index contributed by atoms with van der Waals surface area (Å²) in [7, 11) is 1.78. The molecular formula is C20H24N4O3S. The number of nitrogens with zero attached hydrogens (tertiary/aromatic N) is 4. The van der Waals surface area contributed by atoms with Crippen LogP contribution in [0.5, 0.6) is 0 Å². The Bertz CT molecular complexity index is 1090. The second-order valence-electron chi connectivity index (χ2n) is 6.87. The van der Waals surface area contributed by atoms with Gasteiger partial charge in [0, 0.05) is 12.7 Å². The summed E-state index contributed by atoms with van der Waals surface area (Å²) < 4.78 is 9.43. The fourth-order valence-electron chi connectivity index (χ4n) is 2.83. The van der Waals surface area contributed by atoms with Crippen LogP contribution in [0.25, 0.3) is 10.2 Å². The SMILES string of the molecule is CCOC(=O)Cn1c(=NC(=O)c2cc(C)n(C)n2)sc2cc(C(C)C)ccc21. The van der Waals surface area contributed by atoms with Gasteiger partial charge in [0.2, 0.25) is 0 Å². The molecule has 0 radical (unpaired) electrons. The highest BCUT2D eigenvalue weighted by Crippen LogP contribution is 2.23. The Balaban J connectivity index is 2.12. The number of esters is 1. The number of rotatable bonds is 5. The van der Waals surface area contributed by atoms with Crippen molar-refractivity contribution in [2.24, 2.45) is 12.0 Å². The van der Waals surface area contributed by atoms with E-state index in [1.807, 2.05) is 19.1 Å². The van der Waals surface area contributed by atoms with Crippen molar-refractivity contribution >= 4 is 33.4 Å². The number of hydrogen-bond acceptors (Lipinski definition) is 5. The molecule has 3 aromatic rings. The lowest BCUT2D eigenvalue weighted by Gasteiger charge is -2.07. The topological polar surface area (TPSA) is 78.5 Å². The Morgan fingerprint density at radius 1 is 1.29 bits per heavy atom. The minimum absolute atomic E-state index is 0.00221. The molecule has 7 nitrogen and oxygen atoms in total. The molecule has 0 N–H and O–H groups in total. The number of ether oxygens (including phenoxy) is 1. The van der Waals surface area contributed by atoms with E-state index in [1.54, 1.807) is 29.3 Å². The molecule has 28 heavy (non-hydrogen) atoms. The van der Waals surface area contributed by atoms with Crippen LogP contribution >= 0.6 is 11.3 Å². The summed E-state index contributed by atoms with van der Waals surface area (Å²) in [5.74, 6) is -0.418. The fourth-order valence-corrected chi connectivity index (χ4v) is 3.91. The summed E-state index contributed by atoms with van der Waals surface area (Å²) in [4.78, 5) is 29.5. The maximum atomic E-state index is 12.6. The van der Waals surface area contributed by atoms with Gasteiger partial charge in [0.15, 0.2) is 10.5 Å². The number of carbonyl (C=O) groups excluding carboxylic acids is 2. The number of benzene rings is 1. The van der Waals surface area contributed by atoms with Crippen LogP contribution in [-0.2, 0) is 23.1 Å². The second kappa shape index (κ2) is 8.10. The Kier molecular flexibility index (Phi) is 5.79. The third-order valence-electron chi connectivity index (χ3n) is 4.50. The molecule has 8 heteroatoms. The van der Waals surface area contributed by atoms with Crippen molar-refractivity contribution in [2.45, 2.75) is 40.2 Å². The summed E-state index contributed by atoms with van der Waals surface area (Å²) in [5.41, 5.74) is 3.19. The van der Waals surface area contributed by atoms with Crippen molar-refractivity contribution in [2.75, 3.05) is 6.61 Å². The lowest BCUT2D eigenvalue weighted by molar-refractivity contribution is -0.143. The van der Waals surface area contributed by atoms with Gasteiger partial charge in [-0.1, -0.05) is 31.3 Å². The molecule has 0 aliphatic heterocycles. The molecule has 0 aliphatic rings. The van der Waals surface area contributed by atoms with Crippen LogP contribution in [0.3, 0.4) is 0 Å². The summed E-state index contributed by atoms with van der Waals surface area (Å²) in [5, 5.41) is 4.19. The molecular weight excluding hydrogens is 376 g/mol. The highest BCUT2D eigenvalue weighted by atomic mass is 32.1. The Labute approximate surface area is 167 Å². The number of amides is 1. The van der Waals surface area contributed by atoms with Gasteiger partial charge in [0.05, 0.1) is 16.8 Å². The first-order valence-electron chi connectivity index (χ1n) is 9.18. The smallest absolute Gasteiger partial charge is 0.326 e. The van der Waals surface area contributed by atoms with Gasteiger partial charge in [0.25, 0.3) is 5.91 Å². The molecule has 1 aromatic carbocycles. The molecule has 148 valence electrons. The van der Waals surface area contributed by atoms with Crippen LogP contribution in [0.1, 0.15) is 48.4 Å². The lowest BCUT2D eigenvalue weighted by Crippen LogP contribution is -2.23. The molecule has 0 unspecified atom stereocenters. The van der Waals surface area contributed by atoms with Gasteiger partial charge in [-0.05, 0) is 43.5 Å². The summed E-state index contributed by atoms with van der Waals surface area (Å²) in [6.45, 7) is 8.19. The molecule has 0 saturated carbocycles. The molecule has 3 rings (SSSR count). The average molecular weight is 401 g/mol. The molecule has 1 amide bonds. The number of aromatic nitrogens is 3. The molecule has 0 bridgehead atoms. The molecule has 0 atom stereocenters. The van der Waals surface area contributed by atoms with Gasteiger partial charge in [-0.3, -0.25) is 14.3 Å². The fraction of sp³-hybridized carbons (Fsp3) is 0.400. The van der Waals surface area contributed by atoms with E-state index < -0.39 is 5.91 Å². The first kappa shape index (κ1) is 20.0. The Morgan fingerprint density at radius 2 is 2.04 bits per heavy atom.